The van der Waals surface area contributed by atoms with Crippen LogP contribution in [0.3, 0.4) is 0 Å². The third-order valence-corrected chi connectivity index (χ3v) is 7.25. The molecule has 0 N–H and O–H groups in total. The number of hydrogen-bond donors (Lipinski definition) is 0. The molecule has 5 heteroatoms. The largest absolute Gasteiger partial charge is 0.455 e. The van der Waals surface area contributed by atoms with Gasteiger partial charge < -0.3 is 14.4 Å². The minimum Gasteiger partial charge on any atom is -0.455 e. The third kappa shape index (κ3) is 6.66. The fraction of sp³-hybridized carbons (Fsp3) is 0.375. The molecule has 1 aliphatic carbocycles. The van der Waals surface area contributed by atoms with Gasteiger partial charge >= 0.3 is 11.9 Å². The molecule has 4 rings (SSSR count). The minimum absolute atomic E-state index is 0.0148. The molecule has 0 radical (unpaired) electrons. The van der Waals surface area contributed by atoms with Crippen LogP contribution in [0, 0.1) is 13.8 Å². The van der Waals surface area contributed by atoms with E-state index in [1.165, 1.54) is 0 Å². The summed E-state index contributed by atoms with van der Waals surface area (Å²) in [6.07, 6.45) is 4.85. The van der Waals surface area contributed by atoms with E-state index in [2.05, 4.69) is 4.90 Å². The van der Waals surface area contributed by atoms with Gasteiger partial charge in [0.2, 0.25) is 0 Å². The Balaban J connectivity index is 1.58. The summed E-state index contributed by atoms with van der Waals surface area (Å²) in [5, 5.41) is 0. The van der Waals surface area contributed by atoms with Crippen LogP contribution < -0.4 is 4.74 Å². The summed E-state index contributed by atoms with van der Waals surface area (Å²) in [6, 6.07) is 22.6. The Morgan fingerprint density at radius 1 is 0.757 bits per heavy atom. The van der Waals surface area contributed by atoms with E-state index in [9.17, 15) is 9.59 Å². The van der Waals surface area contributed by atoms with E-state index in [1.807, 2.05) is 88.6 Å². The average Bonchev–Trinajstić information content (AvgIpc) is 2.89. The van der Waals surface area contributed by atoms with Gasteiger partial charge in [-0.05, 0) is 95.6 Å². The second-order valence-electron chi connectivity index (χ2n) is 10.5. The highest BCUT2D eigenvalue weighted by Gasteiger charge is 2.44. The lowest BCUT2D eigenvalue weighted by atomic mass is 9.72. The van der Waals surface area contributed by atoms with Gasteiger partial charge in [-0.3, -0.25) is 0 Å². The van der Waals surface area contributed by atoms with Gasteiger partial charge in [-0.1, -0.05) is 53.9 Å². The Kier molecular flexibility index (Phi) is 8.45. The highest BCUT2D eigenvalue weighted by Crippen LogP contribution is 2.44. The molecule has 0 spiro atoms. The Morgan fingerprint density at radius 3 is 1.78 bits per heavy atom. The van der Waals surface area contributed by atoms with Crippen molar-refractivity contribution >= 4 is 11.9 Å². The molecule has 3 aromatic rings. The lowest BCUT2D eigenvalue weighted by molar-refractivity contribution is -0.0575. The molecule has 194 valence electrons. The molecule has 0 bridgehead atoms. The minimum atomic E-state index is -0.593. The molecular formula is C32H37NO4. The molecule has 0 aromatic heterocycles. The number of hydrogen-bond acceptors (Lipinski definition) is 5. The van der Waals surface area contributed by atoms with E-state index < -0.39 is 5.60 Å². The van der Waals surface area contributed by atoms with Gasteiger partial charge in [0.05, 0.1) is 11.1 Å². The Morgan fingerprint density at radius 2 is 1.27 bits per heavy atom. The third-order valence-electron chi connectivity index (χ3n) is 7.25. The number of rotatable bonds is 8. The second kappa shape index (κ2) is 11.7. The van der Waals surface area contributed by atoms with Gasteiger partial charge in [0.15, 0.2) is 0 Å². The molecule has 0 saturated heterocycles. The second-order valence-corrected chi connectivity index (χ2v) is 10.5. The van der Waals surface area contributed by atoms with Crippen LogP contribution in [-0.2, 0) is 4.74 Å². The van der Waals surface area contributed by atoms with Gasteiger partial charge in [-0.2, -0.15) is 0 Å². The zero-order valence-corrected chi connectivity index (χ0v) is 22.3. The van der Waals surface area contributed by atoms with E-state index in [4.69, 9.17) is 9.47 Å². The average molecular weight is 500 g/mol. The van der Waals surface area contributed by atoms with Crippen LogP contribution in [-0.4, -0.2) is 43.1 Å². The van der Waals surface area contributed by atoms with E-state index in [1.54, 1.807) is 12.1 Å². The number of nitrogens with zero attached hydrogens (tertiary/aromatic N) is 1. The molecular weight excluding hydrogens is 462 g/mol. The van der Waals surface area contributed by atoms with Crippen molar-refractivity contribution in [1.82, 2.24) is 4.90 Å². The standard InChI is InChI=1S/C32H37NO4/c1-23-8-12-26(13-9-23)30(34)36-28-18-16-25(17-19-28)29(22-33(3)4)32(20-6-5-7-21-32)37-31(35)27-14-10-24(2)11-15-27/h8-19,29H,5-7,20-22H2,1-4H3. The SMILES string of the molecule is Cc1ccc(C(=O)Oc2ccc(C(CN(C)C)C3(OC(=O)c4ccc(C)cc4)CCCCC3)cc2)cc1. The van der Waals surface area contributed by atoms with Gasteiger partial charge in [0.25, 0.3) is 0 Å². The van der Waals surface area contributed by atoms with Crippen LogP contribution in [0.4, 0.5) is 0 Å². The molecule has 0 aliphatic heterocycles. The summed E-state index contributed by atoms with van der Waals surface area (Å²) in [7, 11) is 4.09. The number of ether oxygens (including phenoxy) is 2. The fourth-order valence-electron chi connectivity index (χ4n) is 5.17. The van der Waals surface area contributed by atoms with Crippen LogP contribution in [0.15, 0.2) is 72.8 Å². The number of benzene rings is 3. The van der Waals surface area contributed by atoms with Crippen molar-refractivity contribution in [1.29, 1.82) is 0 Å². The quantitative estimate of drug-likeness (QED) is 0.254. The number of likely N-dealkylation sites (N-methyl/N-ethyl adjacent to an activating group) is 1. The lowest BCUT2D eigenvalue weighted by Gasteiger charge is -2.44. The van der Waals surface area contributed by atoms with Crippen molar-refractivity contribution in [2.75, 3.05) is 20.6 Å². The van der Waals surface area contributed by atoms with Crippen molar-refractivity contribution in [3.63, 3.8) is 0 Å². The summed E-state index contributed by atoms with van der Waals surface area (Å²) >= 11 is 0. The van der Waals surface area contributed by atoms with E-state index in [0.29, 0.717) is 16.9 Å². The maximum atomic E-state index is 13.3. The first-order valence-corrected chi connectivity index (χ1v) is 13.1. The van der Waals surface area contributed by atoms with Crippen LogP contribution in [0.1, 0.15) is 75.4 Å². The summed E-state index contributed by atoms with van der Waals surface area (Å²) in [5.41, 5.74) is 3.78. The van der Waals surface area contributed by atoms with E-state index in [0.717, 1.165) is 55.3 Å². The molecule has 1 fully saturated rings. The number of esters is 2. The first-order chi connectivity index (χ1) is 17.8. The maximum Gasteiger partial charge on any atom is 0.343 e. The van der Waals surface area contributed by atoms with Crippen molar-refractivity contribution in [3.8, 4) is 5.75 Å². The molecule has 1 unspecified atom stereocenters. The maximum absolute atomic E-state index is 13.3. The topological polar surface area (TPSA) is 55.8 Å². The zero-order valence-electron chi connectivity index (χ0n) is 22.3. The van der Waals surface area contributed by atoms with Crippen LogP contribution in [0.25, 0.3) is 0 Å². The van der Waals surface area contributed by atoms with Gasteiger partial charge in [0, 0.05) is 12.5 Å². The van der Waals surface area contributed by atoms with Crippen molar-refractivity contribution in [2.45, 2.75) is 57.5 Å². The summed E-state index contributed by atoms with van der Waals surface area (Å²) in [6.45, 7) is 4.73. The Hall–Kier alpha value is -3.44. The van der Waals surface area contributed by atoms with Crippen LogP contribution >= 0.6 is 0 Å². The summed E-state index contributed by atoms with van der Waals surface area (Å²) in [4.78, 5) is 28.0. The smallest absolute Gasteiger partial charge is 0.343 e. The first kappa shape index (κ1) is 26.6. The van der Waals surface area contributed by atoms with Crippen molar-refractivity contribution < 1.29 is 19.1 Å². The van der Waals surface area contributed by atoms with Gasteiger partial charge in [0.1, 0.15) is 11.4 Å². The fourth-order valence-corrected chi connectivity index (χ4v) is 5.17. The number of carbonyl (C=O) groups excluding carboxylic acids is 2. The molecule has 1 atom stereocenters. The molecule has 1 saturated carbocycles. The Bertz CT molecular complexity index is 1190. The molecule has 37 heavy (non-hydrogen) atoms. The summed E-state index contributed by atoms with van der Waals surface area (Å²) < 4.78 is 12.1. The molecule has 0 heterocycles. The highest BCUT2D eigenvalue weighted by atomic mass is 16.6. The number of carbonyl (C=O) groups is 2. The van der Waals surface area contributed by atoms with E-state index >= 15 is 0 Å². The zero-order chi connectivity index (χ0) is 26.4. The van der Waals surface area contributed by atoms with Crippen LogP contribution in [0.2, 0.25) is 0 Å². The normalized spacial score (nSPS) is 15.7. The molecule has 3 aromatic carbocycles. The molecule has 0 amide bonds. The number of aryl methyl sites for hydroxylation is 2. The monoisotopic (exact) mass is 499 g/mol. The summed E-state index contributed by atoms with van der Waals surface area (Å²) in [5.74, 6) is -0.172. The lowest BCUT2D eigenvalue weighted by Crippen LogP contribution is -2.46. The van der Waals surface area contributed by atoms with E-state index in [-0.39, 0.29) is 17.9 Å². The Labute approximate surface area is 220 Å². The van der Waals surface area contributed by atoms with Gasteiger partial charge in [-0.15, -0.1) is 0 Å². The molecule has 1 aliphatic rings. The predicted octanol–water partition coefficient (Wildman–Crippen LogP) is 6.73. The first-order valence-electron chi connectivity index (χ1n) is 13.1. The van der Waals surface area contributed by atoms with Crippen LogP contribution in [0.5, 0.6) is 5.75 Å². The van der Waals surface area contributed by atoms with Crippen molar-refractivity contribution in [3.05, 3.63) is 101 Å². The van der Waals surface area contributed by atoms with Gasteiger partial charge in [-0.25, -0.2) is 9.59 Å². The highest BCUT2D eigenvalue weighted by molar-refractivity contribution is 5.91. The predicted molar refractivity (Wildman–Crippen MR) is 146 cm³/mol. The van der Waals surface area contributed by atoms with Crippen molar-refractivity contribution in [2.24, 2.45) is 0 Å². The molecule has 5 nitrogen and oxygen atoms in total.